The highest BCUT2D eigenvalue weighted by Crippen LogP contribution is 2.22. The Kier molecular flexibility index (Phi) is 4.52. The molecule has 1 aliphatic rings. The van der Waals surface area contributed by atoms with E-state index in [0.717, 1.165) is 0 Å². The summed E-state index contributed by atoms with van der Waals surface area (Å²) in [5.74, 6) is 0.685. The first-order valence-corrected chi connectivity index (χ1v) is 5.00. The molecular weight excluding hydrogens is 146 g/mol. The van der Waals surface area contributed by atoms with Crippen molar-refractivity contribution in [2.24, 2.45) is 5.92 Å². The third kappa shape index (κ3) is 3.57. The van der Waals surface area contributed by atoms with Gasteiger partial charge >= 0.3 is 0 Å². The fraction of sp³-hybridized carbons (Fsp3) is 0.727. The van der Waals surface area contributed by atoms with Crippen LogP contribution in [0.3, 0.4) is 0 Å². The maximum Gasteiger partial charge on any atom is 0.0908 e. The predicted octanol–water partition coefficient (Wildman–Crippen LogP) is 3.43. The highest BCUT2D eigenvalue weighted by Gasteiger charge is 2.07. The highest BCUT2D eigenvalue weighted by atomic mass is 14.2. The van der Waals surface area contributed by atoms with Gasteiger partial charge in [-0.2, -0.15) is 5.26 Å². The summed E-state index contributed by atoms with van der Waals surface area (Å²) in [4.78, 5) is 0. The van der Waals surface area contributed by atoms with Gasteiger partial charge in [-0.3, -0.25) is 0 Å². The lowest BCUT2D eigenvalue weighted by atomic mass is 9.91. The van der Waals surface area contributed by atoms with E-state index in [1.54, 1.807) is 6.08 Å². The summed E-state index contributed by atoms with van der Waals surface area (Å²) in [5.41, 5.74) is 0. The molecule has 0 radical (unpaired) electrons. The van der Waals surface area contributed by atoms with Crippen molar-refractivity contribution in [3.05, 3.63) is 12.2 Å². The largest absolute Gasteiger partial charge is 0.193 e. The van der Waals surface area contributed by atoms with Crippen LogP contribution in [0.1, 0.15) is 44.9 Å². The van der Waals surface area contributed by atoms with Crippen molar-refractivity contribution >= 4 is 0 Å². The second-order valence-corrected chi connectivity index (χ2v) is 3.59. The third-order valence-electron chi connectivity index (χ3n) is 2.59. The van der Waals surface area contributed by atoms with E-state index < -0.39 is 0 Å². The SMILES string of the molecule is N#C/C=C\C1CCCCCCC1. The Morgan fingerprint density at radius 1 is 1.00 bits per heavy atom. The van der Waals surface area contributed by atoms with Crippen molar-refractivity contribution in [2.75, 3.05) is 0 Å². The molecule has 1 heteroatoms. The van der Waals surface area contributed by atoms with Crippen LogP contribution >= 0.6 is 0 Å². The lowest BCUT2D eigenvalue weighted by Crippen LogP contribution is -1.99. The van der Waals surface area contributed by atoms with Crippen LogP contribution in [0.4, 0.5) is 0 Å². The van der Waals surface area contributed by atoms with Gasteiger partial charge in [0.2, 0.25) is 0 Å². The van der Waals surface area contributed by atoms with Gasteiger partial charge in [-0.1, -0.05) is 38.2 Å². The van der Waals surface area contributed by atoms with Gasteiger partial charge in [0, 0.05) is 6.08 Å². The van der Waals surface area contributed by atoms with Gasteiger partial charge < -0.3 is 0 Å². The molecule has 0 aromatic rings. The number of rotatable bonds is 1. The summed E-state index contributed by atoms with van der Waals surface area (Å²) < 4.78 is 0. The van der Waals surface area contributed by atoms with E-state index in [-0.39, 0.29) is 0 Å². The molecule has 0 bridgehead atoms. The molecule has 0 aromatic carbocycles. The van der Waals surface area contributed by atoms with E-state index in [1.165, 1.54) is 44.9 Å². The first-order valence-electron chi connectivity index (χ1n) is 5.00. The van der Waals surface area contributed by atoms with Gasteiger partial charge in [0.1, 0.15) is 0 Å². The molecule has 1 nitrogen and oxygen atoms in total. The molecule has 66 valence electrons. The average molecular weight is 163 g/mol. The van der Waals surface area contributed by atoms with Gasteiger partial charge in [0.25, 0.3) is 0 Å². The zero-order chi connectivity index (χ0) is 8.65. The fourth-order valence-corrected chi connectivity index (χ4v) is 1.86. The summed E-state index contributed by atoms with van der Waals surface area (Å²) in [5, 5.41) is 8.39. The minimum absolute atomic E-state index is 0.685. The van der Waals surface area contributed by atoms with Crippen LogP contribution < -0.4 is 0 Å². The minimum atomic E-state index is 0.685. The first kappa shape index (κ1) is 9.32. The van der Waals surface area contributed by atoms with Gasteiger partial charge in [-0.15, -0.1) is 0 Å². The van der Waals surface area contributed by atoms with E-state index in [4.69, 9.17) is 5.26 Å². The summed E-state index contributed by atoms with van der Waals surface area (Å²) in [6.07, 6.45) is 13.2. The third-order valence-corrected chi connectivity index (χ3v) is 2.59. The van der Waals surface area contributed by atoms with E-state index in [1.807, 2.05) is 0 Å². The number of nitrogens with zero attached hydrogens (tertiary/aromatic N) is 1. The maximum absolute atomic E-state index is 8.39. The van der Waals surface area contributed by atoms with E-state index in [0.29, 0.717) is 5.92 Å². The fourth-order valence-electron chi connectivity index (χ4n) is 1.86. The number of hydrogen-bond donors (Lipinski definition) is 0. The van der Waals surface area contributed by atoms with Crippen LogP contribution in [0.25, 0.3) is 0 Å². The van der Waals surface area contributed by atoms with Crippen molar-refractivity contribution in [3.8, 4) is 6.07 Å². The van der Waals surface area contributed by atoms with Crippen LogP contribution in [-0.2, 0) is 0 Å². The quantitative estimate of drug-likeness (QED) is 0.543. The second-order valence-electron chi connectivity index (χ2n) is 3.59. The monoisotopic (exact) mass is 163 g/mol. The summed E-state index contributed by atoms with van der Waals surface area (Å²) in [6.45, 7) is 0. The van der Waals surface area contributed by atoms with Gasteiger partial charge in [0.15, 0.2) is 0 Å². The van der Waals surface area contributed by atoms with Gasteiger partial charge in [0.05, 0.1) is 6.07 Å². The number of allylic oxidation sites excluding steroid dienone is 2. The Balaban J connectivity index is 2.30. The topological polar surface area (TPSA) is 23.8 Å². The van der Waals surface area contributed by atoms with E-state index in [2.05, 4.69) is 12.1 Å². The van der Waals surface area contributed by atoms with Crippen molar-refractivity contribution in [2.45, 2.75) is 44.9 Å². The van der Waals surface area contributed by atoms with Crippen molar-refractivity contribution in [1.29, 1.82) is 5.26 Å². The molecule has 0 atom stereocenters. The van der Waals surface area contributed by atoms with Crippen LogP contribution in [0, 0.1) is 17.2 Å². The van der Waals surface area contributed by atoms with Crippen LogP contribution in [0.15, 0.2) is 12.2 Å². The molecule has 0 N–H and O–H groups in total. The molecule has 1 rings (SSSR count). The minimum Gasteiger partial charge on any atom is -0.193 e. The Morgan fingerprint density at radius 3 is 2.17 bits per heavy atom. The Hall–Kier alpha value is -0.770. The van der Waals surface area contributed by atoms with Crippen molar-refractivity contribution < 1.29 is 0 Å². The molecule has 0 unspecified atom stereocenters. The molecule has 0 aliphatic heterocycles. The molecule has 1 aliphatic carbocycles. The Labute approximate surface area is 75.1 Å². The predicted molar refractivity (Wildman–Crippen MR) is 50.6 cm³/mol. The smallest absolute Gasteiger partial charge is 0.0908 e. The molecular formula is C11H17N. The van der Waals surface area contributed by atoms with Gasteiger partial charge in [-0.05, 0) is 18.8 Å². The van der Waals surface area contributed by atoms with Crippen molar-refractivity contribution in [3.63, 3.8) is 0 Å². The first-order chi connectivity index (χ1) is 5.93. The Morgan fingerprint density at radius 2 is 1.58 bits per heavy atom. The molecule has 12 heavy (non-hydrogen) atoms. The molecule has 0 aromatic heterocycles. The molecule has 0 heterocycles. The standard InChI is InChI=1S/C11H17N/c12-10-6-9-11-7-4-2-1-3-5-8-11/h6,9,11H,1-5,7-8H2/b9-6-. The molecule has 1 fully saturated rings. The number of hydrogen-bond acceptors (Lipinski definition) is 1. The Bertz CT molecular complexity index is 168. The molecule has 0 amide bonds. The van der Waals surface area contributed by atoms with E-state index >= 15 is 0 Å². The zero-order valence-corrected chi connectivity index (χ0v) is 7.63. The second kappa shape index (κ2) is 5.83. The average Bonchev–Trinajstić information content (AvgIpc) is 2.02. The van der Waals surface area contributed by atoms with Crippen LogP contribution in [0.5, 0.6) is 0 Å². The zero-order valence-electron chi connectivity index (χ0n) is 7.63. The maximum atomic E-state index is 8.39. The molecule has 0 spiro atoms. The summed E-state index contributed by atoms with van der Waals surface area (Å²) >= 11 is 0. The normalized spacial score (nSPS) is 21.6. The van der Waals surface area contributed by atoms with E-state index in [9.17, 15) is 0 Å². The highest BCUT2D eigenvalue weighted by molar-refractivity contribution is 5.03. The van der Waals surface area contributed by atoms with Gasteiger partial charge in [-0.25, -0.2) is 0 Å². The lowest BCUT2D eigenvalue weighted by molar-refractivity contribution is 0.435. The van der Waals surface area contributed by atoms with Crippen molar-refractivity contribution in [1.82, 2.24) is 0 Å². The lowest BCUT2D eigenvalue weighted by Gasteiger charge is -2.15. The van der Waals surface area contributed by atoms with Crippen LogP contribution in [-0.4, -0.2) is 0 Å². The molecule has 0 saturated heterocycles. The summed E-state index contributed by atoms with van der Waals surface area (Å²) in [6, 6.07) is 2.07. The van der Waals surface area contributed by atoms with Crippen LogP contribution in [0.2, 0.25) is 0 Å². The number of nitriles is 1. The summed E-state index contributed by atoms with van der Waals surface area (Å²) in [7, 11) is 0. The molecule has 1 saturated carbocycles.